The van der Waals surface area contributed by atoms with Gasteiger partial charge in [-0.25, -0.2) is 0 Å². The van der Waals surface area contributed by atoms with Crippen LogP contribution in [-0.2, 0) is 4.79 Å². The Balaban J connectivity index is 0.00000256. The fourth-order valence-corrected chi connectivity index (χ4v) is 4.27. The largest absolute Gasteiger partial charge is 0.360 e. The van der Waals surface area contributed by atoms with Crippen molar-refractivity contribution >= 4 is 24.2 Å². The van der Waals surface area contributed by atoms with Crippen LogP contribution in [-0.4, -0.2) is 54.1 Å². The first-order valence-electron chi connectivity index (χ1n) is 10.5. The average molecular weight is 433 g/mol. The van der Waals surface area contributed by atoms with Gasteiger partial charge in [0, 0.05) is 25.2 Å². The van der Waals surface area contributed by atoms with Crippen LogP contribution in [0.5, 0.6) is 0 Å². The normalized spacial score (nSPS) is 21.2. The number of aromatic nitrogens is 1. The van der Waals surface area contributed by atoms with Gasteiger partial charge in [-0.05, 0) is 45.1 Å². The molecule has 2 saturated heterocycles. The van der Waals surface area contributed by atoms with Crippen LogP contribution in [0.2, 0.25) is 0 Å². The average Bonchev–Trinajstić information content (AvgIpc) is 3.42. The number of rotatable bonds is 5. The van der Waals surface area contributed by atoms with E-state index >= 15 is 0 Å². The number of piperidine rings is 1. The number of halogens is 1. The van der Waals surface area contributed by atoms with E-state index in [9.17, 15) is 9.59 Å². The highest BCUT2D eigenvalue weighted by Crippen LogP contribution is 2.28. The van der Waals surface area contributed by atoms with Gasteiger partial charge in [-0.2, -0.15) is 0 Å². The number of nitrogens with zero attached hydrogens (tertiary/aromatic N) is 2. The SMILES string of the molecule is Cc1onc(-c2ccccc2)c1C(=O)N1CCCC(CNC(=O)C2CCCN2)C1.Cl. The van der Waals surface area contributed by atoms with Gasteiger partial charge in [0.05, 0.1) is 6.04 Å². The number of likely N-dealkylation sites (tertiary alicyclic amines) is 1. The van der Waals surface area contributed by atoms with Crippen molar-refractivity contribution in [3.8, 4) is 11.3 Å². The summed E-state index contributed by atoms with van der Waals surface area (Å²) in [5, 5.41) is 10.4. The number of hydrogen-bond acceptors (Lipinski definition) is 5. The van der Waals surface area contributed by atoms with Crippen molar-refractivity contribution in [3.63, 3.8) is 0 Å². The molecule has 2 amide bonds. The second kappa shape index (κ2) is 10.1. The van der Waals surface area contributed by atoms with Gasteiger partial charge >= 0.3 is 0 Å². The lowest BCUT2D eigenvalue weighted by atomic mass is 9.96. The molecule has 1 aromatic carbocycles. The molecule has 2 aromatic rings. The third-order valence-electron chi connectivity index (χ3n) is 5.87. The Morgan fingerprint density at radius 1 is 1.23 bits per heavy atom. The maximum atomic E-state index is 13.3. The zero-order valence-electron chi connectivity index (χ0n) is 17.2. The number of hydrogen-bond donors (Lipinski definition) is 2. The Morgan fingerprint density at radius 3 is 2.77 bits per heavy atom. The Labute approximate surface area is 183 Å². The Hall–Kier alpha value is -2.38. The van der Waals surface area contributed by atoms with Crippen molar-refractivity contribution in [2.75, 3.05) is 26.2 Å². The topological polar surface area (TPSA) is 87.5 Å². The van der Waals surface area contributed by atoms with Crippen LogP contribution in [0.3, 0.4) is 0 Å². The van der Waals surface area contributed by atoms with Gasteiger partial charge in [-0.1, -0.05) is 35.5 Å². The van der Waals surface area contributed by atoms with Crippen LogP contribution in [0.25, 0.3) is 11.3 Å². The summed E-state index contributed by atoms with van der Waals surface area (Å²) in [7, 11) is 0. The summed E-state index contributed by atoms with van der Waals surface area (Å²) in [6, 6.07) is 9.57. The molecule has 2 aliphatic heterocycles. The second-order valence-electron chi connectivity index (χ2n) is 7.98. The lowest BCUT2D eigenvalue weighted by Gasteiger charge is -2.33. The Bertz CT molecular complexity index is 865. The van der Waals surface area contributed by atoms with Gasteiger partial charge in [0.25, 0.3) is 5.91 Å². The van der Waals surface area contributed by atoms with Crippen LogP contribution in [0.15, 0.2) is 34.9 Å². The molecule has 30 heavy (non-hydrogen) atoms. The molecular weight excluding hydrogens is 404 g/mol. The summed E-state index contributed by atoms with van der Waals surface area (Å²) in [6.07, 6.45) is 3.89. The van der Waals surface area contributed by atoms with Crippen LogP contribution in [0.1, 0.15) is 41.8 Å². The molecule has 7 nitrogen and oxygen atoms in total. The molecule has 1 aromatic heterocycles. The minimum Gasteiger partial charge on any atom is -0.360 e. The van der Waals surface area contributed by atoms with Crippen molar-refractivity contribution in [1.82, 2.24) is 20.7 Å². The third-order valence-corrected chi connectivity index (χ3v) is 5.87. The van der Waals surface area contributed by atoms with Crippen molar-refractivity contribution < 1.29 is 14.1 Å². The number of carbonyl (C=O) groups excluding carboxylic acids is 2. The molecule has 0 aliphatic carbocycles. The minimum absolute atomic E-state index is 0. The summed E-state index contributed by atoms with van der Waals surface area (Å²) in [5.74, 6) is 0.832. The summed E-state index contributed by atoms with van der Waals surface area (Å²) < 4.78 is 5.36. The monoisotopic (exact) mass is 432 g/mol. The Morgan fingerprint density at radius 2 is 2.03 bits per heavy atom. The lowest BCUT2D eigenvalue weighted by molar-refractivity contribution is -0.123. The lowest BCUT2D eigenvalue weighted by Crippen LogP contribution is -2.46. The molecule has 0 bridgehead atoms. The van der Waals surface area contributed by atoms with E-state index in [1.54, 1.807) is 6.92 Å². The van der Waals surface area contributed by atoms with Crippen molar-refractivity contribution in [3.05, 3.63) is 41.7 Å². The highest BCUT2D eigenvalue weighted by molar-refractivity contribution is 6.00. The fourth-order valence-electron chi connectivity index (χ4n) is 4.27. The van der Waals surface area contributed by atoms with Gasteiger partial charge < -0.3 is 20.1 Å². The van der Waals surface area contributed by atoms with Gasteiger partial charge in [0.1, 0.15) is 17.0 Å². The van der Waals surface area contributed by atoms with Crippen LogP contribution in [0.4, 0.5) is 0 Å². The summed E-state index contributed by atoms with van der Waals surface area (Å²) in [6.45, 7) is 4.64. The van der Waals surface area contributed by atoms with Crippen LogP contribution in [0, 0.1) is 12.8 Å². The van der Waals surface area contributed by atoms with Gasteiger partial charge in [-0.3, -0.25) is 9.59 Å². The molecule has 162 valence electrons. The molecule has 4 rings (SSSR count). The number of carbonyl (C=O) groups is 2. The first-order valence-corrected chi connectivity index (χ1v) is 10.5. The predicted octanol–water partition coefficient (Wildman–Crippen LogP) is 2.79. The maximum absolute atomic E-state index is 13.3. The first kappa shape index (κ1) is 22.3. The number of nitrogens with one attached hydrogen (secondary N) is 2. The van der Waals surface area contributed by atoms with E-state index in [-0.39, 0.29) is 36.2 Å². The fraction of sp³-hybridized carbons (Fsp3) is 0.500. The maximum Gasteiger partial charge on any atom is 0.259 e. The van der Waals surface area contributed by atoms with E-state index in [1.807, 2.05) is 35.2 Å². The molecule has 2 unspecified atom stereocenters. The van der Waals surface area contributed by atoms with Gasteiger partial charge in [-0.15, -0.1) is 12.4 Å². The molecule has 0 radical (unpaired) electrons. The Kier molecular flexibility index (Phi) is 7.50. The minimum atomic E-state index is -0.0654. The highest BCUT2D eigenvalue weighted by atomic mass is 35.5. The van der Waals surface area contributed by atoms with Crippen molar-refractivity contribution in [2.45, 2.75) is 38.6 Å². The van der Waals surface area contributed by atoms with Crippen LogP contribution < -0.4 is 10.6 Å². The molecule has 2 aliphatic rings. The van der Waals surface area contributed by atoms with Gasteiger partial charge in [0.15, 0.2) is 0 Å². The zero-order chi connectivity index (χ0) is 20.2. The molecule has 8 heteroatoms. The van der Waals surface area contributed by atoms with E-state index in [0.29, 0.717) is 36.7 Å². The van der Waals surface area contributed by atoms with Gasteiger partial charge in [0.2, 0.25) is 5.91 Å². The van der Waals surface area contributed by atoms with E-state index in [4.69, 9.17) is 4.52 Å². The van der Waals surface area contributed by atoms with E-state index < -0.39 is 0 Å². The standard InChI is InChI=1S/C22H28N4O3.ClH/c1-15-19(20(25-29-15)17-8-3-2-4-9-17)22(28)26-12-6-7-16(14-26)13-24-21(27)18-10-5-11-23-18;/h2-4,8-9,16,18,23H,5-7,10-14H2,1H3,(H,24,27);1H. The summed E-state index contributed by atoms with van der Waals surface area (Å²) >= 11 is 0. The highest BCUT2D eigenvalue weighted by Gasteiger charge is 2.30. The van der Waals surface area contributed by atoms with E-state index in [2.05, 4.69) is 15.8 Å². The second-order valence-corrected chi connectivity index (χ2v) is 7.98. The molecule has 0 saturated carbocycles. The summed E-state index contributed by atoms with van der Waals surface area (Å²) in [5.41, 5.74) is 2.00. The summed E-state index contributed by atoms with van der Waals surface area (Å²) in [4.78, 5) is 27.4. The molecule has 2 N–H and O–H groups in total. The number of aryl methyl sites for hydroxylation is 1. The van der Waals surface area contributed by atoms with E-state index in [0.717, 1.165) is 37.8 Å². The smallest absolute Gasteiger partial charge is 0.259 e. The van der Waals surface area contributed by atoms with Crippen molar-refractivity contribution in [2.24, 2.45) is 5.92 Å². The number of amides is 2. The predicted molar refractivity (Wildman–Crippen MR) is 117 cm³/mol. The molecular formula is C22H29ClN4O3. The zero-order valence-corrected chi connectivity index (χ0v) is 18.0. The van der Waals surface area contributed by atoms with Crippen LogP contribution >= 0.6 is 12.4 Å². The van der Waals surface area contributed by atoms with Crippen molar-refractivity contribution in [1.29, 1.82) is 0 Å². The first-order chi connectivity index (χ1) is 14.1. The number of benzene rings is 1. The molecule has 2 atom stereocenters. The molecule has 0 spiro atoms. The molecule has 2 fully saturated rings. The third kappa shape index (κ3) is 4.84. The molecule has 3 heterocycles. The quantitative estimate of drug-likeness (QED) is 0.758. The van der Waals surface area contributed by atoms with E-state index in [1.165, 1.54) is 0 Å².